The molecule has 146 valence electrons. The Morgan fingerprint density at radius 1 is 1.21 bits per heavy atom. The van der Waals surface area contributed by atoms with Gasteiger partial charge in [-0.05, 0) is 62.2 Å². The molecule has 1 atom stereocenters. The molecule has 1 heterocycles. The Balaban J connectivity index is 1.54. The highest BCUT2D eigenvalue weighted by atomic mass is 35.5. The molecule has 0 saturated carbocycles. The number of nitrogens with one attached hydrogen (secondary N) is 1. The van der Waals surface area contributed by atoms with Crippen LogP contribution in [-0.4, -0.2) is 21.4 Å². The normalized spacial score (nSPS) is 11.9. The lowest BCUT2D eigenvalue weighted by Crippen LogP contribution is -2.22. The zero-order valence-electron chi connectivity index (χ0n) is 15.7. The lowest BCUT2D eigenvalue weighted by Gasteiger charge is -2.12. The Kier molecular flexibility index (Phi) is 6.59. The molecular formula is C20H20ClN3O3S. The summed E-state index contributed by atoms with van der Waals surface area (Å²) in [7, 11) is 0. The van der Waals surface area contributed by atoms with Crippen LogP contribution in [0.4, 0.5) is 5.69 Å². The SMILES string of the molecule is Cc1ccc(C)c(NC(=O)[C@@H](C)Sc2nnc(COc3ccc(Cl)cc3)o2)c1. The maximum absolute atomic E-state index is 12.5. The number of anilines is 1. The van der Waals surface area contributed by atoms with Crippen LogP contribution in [0, 0.1) is 13.8 Å². The van der Waals surface area contributed by atoms with E-state index in [1.165, 1.54) is 11.8 Å². The van der Waals surface area contributed by atoms with E-state index in [2.05, 4.69) is 15.5 Å². The van der Waals surface area contributed by atoms with Crippen molar-refractivity contribution in [1.82, 2.24) is 10.2 Å². The second-order valence-corrected chi connectivity index (χ2v) is 8.00. The summed E-state index contributed by atoms with van der Waals surface area (Å²) in [6.07, 6.45) is 0. The highest BCUT2D eigenvalue weighted by Crippen LogP contribution is 2.25. The molecule has 3 aromatic rings. The first-order chi connectivity index (χ1) is 13.4. The molecule has 0 saturated heterocycles. The van der Waals surface area contributed by atoms with Crippen molar-refractivity contribution in [2.24, 2.45) is 0 Å². The van der Waals surface area contributed by atoms with Crippen molar-refractivity contribution in [3.8, 4) is 5.75 Å². The second kappa shape index (κ2) is 9.12. The number of thioether (sulfide) groups is 1. The Morgan fingerprint density at radius 3 is 2.71 bits per heavy atom. The zero-order valence-corrected chi connectivity index (χ0v) is 17.3. The molecular weight excluding hydrogens is 398 g/mol. The Labute approximate surface area is 172 Å². The molecule has 1 aromatic heterocycles. The molecule has 0 radical (unpaired) electrons. The van der Waals surface area contributed by atoms with E-state index in [0.717, 1.165) is 16.8 Å². The predicted molar refractivity (Wildman–Crippen MR) is 110 cm³/mol. The molecule has 0 aliphatic heterocycles. The van der Waals surface area contributed by atoms with Crippen LogP contribution in [0.15, 0.2) is 52.1 Å². The minimum absolute atomic E-state index is 0.129. The van der Waals surface area contributed by atoms with E-state index in [-0.39, 0.29) is 12.5 Å². The summed E-state index contributed by atoms with van der Waals surface area (Å²) < 4.78 is 11.1. The van der Waals surface area contributed by atoms with Gasteiger partial charge in [-0.1, -0.05) is 35.5 Å². The topological polar surface area (TPSA) is 77.2 Å². The number of amides is 1. The molecule has 3 rings (SSSR count). The largest absolute Gasteiger partial charge is 0.484 e. The average Bonchev–Trinajstić information content (AvgIpc) is 3.11. The first kappa shape index (κ1) is 20.2. The number of rotatable bonds is 7. The Morgan fingerprint density at radius 2 is 1.96 bits per heavy atom. The molecule has 6 nitrogen and oxygen atoms in total. The van der Waals surface area contributed by atoms with Crippen molar-refractivity contribution in [3.63, 3.8) is 0 Å². The van der Waals surface area contributed by atoms with Gasteiger partial charge < -0.3 is 14.5 Å². The Bertz CT molecular complexity index is 960. The van der Waals surface area contributed by atoms with Gasteiger partial charge in [0.1, 0.15) is 5.75 Å². The quantitative estimate of drug-likeness (QED) is 0.543. The van der Waals surface area contributed by atoms with Crippen LogP contribution in [0.5, 0.6) is 5.75 Å². The van der Waals surface area contributed by atoms with Gasteiger partial charge in [0.05, 0.1) is 5.25 Å². The molecule has 0 spiro atoms. The summed E-state index contributed by atoms with van der Waals surface area (Å²) >= 11 is 7.04. The van der Waals surface area contributed by atoms with Gasteiger partial charge in [0.15, 0.2) is 6.61 Å². The van der Waals surface area contributed by atoms with E-state index < -0.39 is 5.25 Å². The van der Waals surface area contributed by atoms with Gasteiger partial charge in [-0.2, -0.15) is 0 Å². The van der Waals surface area contributed by atoms with Gasteiger partial charge in [0.25, 0.3) is 11.1 Å². The first-order valence-corrected chi connectivity index (χ1v) is 9.92. The Hall–Kier alpha value is -2.51. The van der Waals surface area contributed by atoms with Crippen molar-refractivity contribution in [2.45, 2.75) is 37.9 Å². The highest BCUT2D eigenvalue weighted by Gasteiger charge is 2.19. The third-order valence-electron chi connectivity index (χ3n) is 3.92. The average molecular weight is 418 g/mol. The van der Waals surface area contributed by atoms with Crippen molar-refractivity contribution >= 4 is 35.0 Å². The zero-order chi connectivity index (χ0) is 20.1. The fourth-order valence-electron chi connectivity index (χ4n) is 2.33. The van der Waals surface area contributed by atoms with Crippen molar-refractivity contribution < 1.29 is 13.9 Å². The summed E-state index contributed by atoms with van der Waals surface area (Å²) in [5, 5.41) is 11.4. The van der Waals surface area contributed by atoms with Gasteiger partial charge in [0, 0.05) is 10.7 Å². The number of carbonyl (C=O) groups is 1. The molecule has 0 unspecified atom stereocenters. The van der Waals surface area contributed by atoms with Gasteiger partial charge in [-0.15, -0.1) is 10.2 Å². The molecule has 0 bridgehead atoms. The highest BCUT2D eigenvalue weighted by molar-refractivity contribution is 8.00. The first-order valence-electron chi connectivity index (χ1n) is 8.66. The summed E-state index contributed by atoms with van der Waals surface area (Å²) in [6.45, 7) is 5.87. The number of carbonyl (C=O) groups excluding carboxylic acids is 1. The monoisotopic (exact) mass is 417 g/mol. The van der Waals surface area contributed by atoms with E-state index in [9.17, 15) is 4.79 Å². The van der Waals surface area contributed by atoms with Crippen molar-refractivity contribution in [3.05, 3.63) is 64.5 Å². The maximum atomic E-state index is 12.5. The van der Waals surface area contributed by atoms with Gasteiger partial charge in [-0.3, -0.25) is 4.79 Å². The second-order valence-electron chi connectivity index (χ2n) is 6.27. The number of benzene rings is 2. The number of ether oxygens (including phenoxy) is 1. The van der Waals surface area contributed by atoms with Crippen LogP contribution in [0.1, 0.15) is 23.9 Å². The smallest absolute Gasteiger partial charge is 0.277 e. The van der Waals surface area contributed by atoms with Gasteiger partial charge in [-0.25, -0.2) is 0 Å². The van der Waals surface area contributed by atoms with Crippen LogP contribution < -0.4 is 10.1 Å². The lowest BCUT2D eigenvalue weighted by molar-refractivity contribution is -0.115. The number of hydrogen-bond donors (Lipinski definition) is 1. The van der Waals surface area contributed by atoms with E-state index in [1.807, 2.05) is 32.0 Å². The van der Waals surface area contributed by atoms with Crippen LogP contribution in [0.3, 0.4) is 0 Å². The summed E-state index contributed by atoms with van der Waals surface area (Å²) in [4.78, 5) is 12.5. The summed E-state index contributed by atoms with van der Waals surface area (Å²) in [5.41, 5.74) is 2.90. The predicted octanol–water partition coefficient (Wildman–Crippen LogP) is 5.04. The molecule has 2 aromatic carbocycles. The minimum atomic E-state index is -0.398. The number of halogens is 1. The standard InChI is InChI=1S/C20H20ClN3O3S/c1-12-4-5-13(2)17(10-12)22-19(25)14(3)28-20-24-23-18(27-20)11-26-16-8-6-15(21)7-9-16/h4-10,14H,11H2,1-3H3,(H,22,25)/t14-/m1/s1. The van der Waals surface area contributed by atoms with Crippen LogP contribution in [-0.2, 0) is 11.4 Å². The molecule has 0 fully saturated rings. The van der Waals surface area contributed by atoms with E-state index in [4.69, 9.17) is 20.8 Å². The molecule has 0 aliphatic carbocycles. The molecule has 28 heavy (non-hydrogen) atoms. The maximum Gasteiger partial charge on any atom is 0.277 e. The van der Waals surface area contributed by atoms with E-state index >= 15 is 0 Å². The number of aromatic nitrogens is 2. The number of nitrogens with zero attached hydrogens (tertiary/aromatic N) is 2. The molecule has 1 amide bonds. The van der Waals surface area contributed by atoms with Gasteiger partial charge in [0.2, 0.25) is 5.91 Å². The van der Waals surface area contributed by atoms with Gasteiger partial charge >= 0.3 is 0 Å². The third kappa shape index (κ3) is 5.50. The van der Waals surface area contributed by atoms with E-state index in [1.54, 1.807) is 31.2 Å². The van der Waals surface area contributed by atoms with Crippen LogP contribution in [0.25, 0.3) is 0 Å². The van der Waals surface area contributed by atoms with Crippen molar-refractivity contribution in [1.29, 1.82) is 0 Å². The fraction of sp³-hybridized carbons (Fsp3) is 0.250. The van der Waals surface area contributed by atoms with E-state index in [0.29, 0.717) is 21.9 Å². The number of aryl methyl sites for hydroxylation is 2. The number of hydrogen-bond acceptors (Lipinski definition) is 6. The molecule has 1 N–H and O–H groups in total. The lowest BCUT2D eigenvalue weighted by atomic mass is 10.1. The van der Waals surface area contributed by atoms with Crippen LogP contribution in [0.2, 0.25) is 5.02 Å². The molecule has 8 heteroatoms. The fourth-order valence-corrected chi connectivity index (χ4v) is 3.16. The molecule has 0 aliphatic rings. The van der Waals surface area contributed by atoms with Crippen LogP contribution >= 0.6 is 23.4 Å². The minimum Gasteiger partial charge on any atom is -0.484 e. The summed E-state index contributed by atoms with van der Waals surface area (Å²) in [5.74, 6) is 0.855. The third-order valence-corrected chi connectivity index (χ3v) is 5.11. The van der Waals surface area contributed by atoms with Crippen molar-refractivity contribution in [2.75, 3.05) is 5.32 Å². The summed E-state index contributed by atoms with van der Waals surface area (Å²) in [6, 6.07) is 12.9.